The zero-order valence-corrected chi connectivity index (χ0v) is 15.7. The molecule has 0 spiro atoms. The van der Waals surface area contributed by atoms with Crippen LogP contribution in [0.1, 0.15) is 47.5 Å². The van der Waals surface area contributed by atoms with Crippen molar-refractivity contribution < 1.29 is 18.7 Å². The Hall–Kier alpha value is -2.56. The number of nitrogens with zero attached hydrogens (tertiary/aromatic N) is 1. The first-order valence-electron chi connectivity index (χ1n) is 9.41. The summed E-state index contributed by atoms with van der Waals surface area (Å²) in [7, 11) is 3.16. The number of methoxy groups -OCH3 is 2. The molecular formula is C22H24FNO3. The van der Waals surface area contributed by atoms with Crippen LogP contribution in [0.3, 0.4) is 0 Å². The number of benzene rings is 2. The molecule has 0 saturated carbocycles. The zero-order chi connectivity index (χ0) is 19.0. The van der Waals surface area contributed by atoms with Gasteiger partial charge in [-0.1, -0.05) is 12.1 Å². The van der Waals surface area contributed by atoms with Gasteiger partial charge >= 0.3 is 0 Å². The van der Waals surface area contributed by atoms with Crippen molar-refractivity contribution in [3.8, 4) is 11.5 Å². The molecule has 2 aromatic carbocycles. The van der Waals surface area contributed by atoms with E-state index in [0.29, 0.717) is 23.0 Å². The molecule has 4 rings (SSSR count). The monoisotopic (exact) mass is 369 g/mol. The quantitative estimate of drug-likeness (QED) is 0.802. The number of piperidine rings is 1. The van der Waals surface area contributed by atoms with E-state index in [2.05, 4.69) is 4.90 Å². The fourth-order valence-electron chi connectivity index (χ4n) is 4.63. The molecule has 0 aliphatic carbocycles. The van der Waals surface area contributed by atoms with Crippen LogP contribution in [0.5, 0.6) is 11.5 Å². The fourth-order valence-corrected chi connectivity index (χ4v) is 4.63. The Labute approximate surface area is 158 Å². The predicted molar refractivity (Wildman–Crippen MR) is 101 cm³/mol. The lowest BCUT2D eigenvalue weighted by Gasteiger charge is -2.39. The highest BCUT2D eigenvalue weighted by Crippen LogP contribution is 2.44. The molecule has 1 unspecified atom stereocenters. The first kappa shape index (κ1) is 17.8. The van der Waals surface area contributed by atoms with Crippen LogP contribution >= 0.6 is 0 Å². The van der Waals surface area contributed by atoms with E-state index in [1.807, 2.05) is 12.1 Å². The summed E-state index contributed by atoms with van der Waals surface area (Å²) in [6.45, 7) is 0. The topological polar surface area (TPSA) is 38.8 Å². The Morgan fingerprint density at radius 3 is 2.19 bits per heavy atom. The molecule has 2 fully saturated rings. The number of carbonyl (C=O) groups excluding carboxylic acids is 1. The molecule has 2 bridgehead atoms. The normalized spacial score (nSPS) is 24.0. The highest BCUT2D eigenvalue weighted by Gasteiger charge is 2.43. The summed E-state index contributed by atoms with van der Waals surface area (Å²) in [6, 6.07) is 12.6. The molecule has 0 N–H and O–H groups in total. The summed E-state index contributed by atoms with van der Waals surface area (Å²) in [5, 5.41) is 0. The molecular weight excluding hydrogens is 345 g/mol. The van der Waals surface area contributed by atoms with Gasteiger partial charge in [-0.15, -0.1) is 0 Å². The minimum atomic E-state index is -0.206. The van der Waals surface area contributed by atoms with Crippen molar-refractivity contribution in [3.63, 3.8) is 0 Å². The van der Waals surface area contributed by atoms with Crippen LogP contribution in [0, 0.1) is 5.82 Å². The van der Waals surface area contributed by atoms with Gasteiger partial charge in [0.15, 0.2) is 11.5 Å². The van der Waals surface area contributed by atoms with Crippen LogP contribution in [0.25, 0.3) is 0 Å². The summed E-state index contributed by atoms with van der Waals surface area (Å²) in [5.41, 5.74) is 1.80. The zero-order valence-electron chi connectivity index (χ0n) is 15.7. The van der Waals surface area contributed by atoms with Crippen molar-refractivity contribution in [2.24, 2.45) is 0 Å². The second-order valence-corrected chi connectivity index (χ2v) is 7.39. The Morgan fingerprint density at radius 1 is 0.963 bits per heavy atom. The van der Waals surface area contributed by atoms with Crippen LogP contribution in [0.15, 0.2) is 42.5 Å². The van der Waals surface area contributed by atoms with Gasteiger partial charge < -0.3 is 14.4 Å². The number of hydrogen-bond donors (Lipinski definition) is 0. The lowest BCUT2D eigenvalue weighted by Crippen LogP contribution is -2.46. The molecule has 0 radical (unpaired) electrons. The third-order valence-electron chi connectivity index (χ3n) is 5.94. The molecule has 27 heavy (non-hydrogen) atoms. The molecule has 2 aliphatic heterocycles. The van der Waals surface area contributed by atoms with Crippen LogP contribution in [-0.4, -0.2) is 37.1 Å². The lowest BCUT2D eigenvalue weighted by atomic mass is 9.85. The third kappa shape index (κ3) is 3.27. The molecule has 2 aromatic rings. The van der Waals surface area contributed by atoms with Crippen LogP contribution in [-0.2, 0) is 0 Å². The van der Waals surface area contributed by atoms with Crippen molar-refractivity contribution in [1.82, 2.24) is 4.90 Å². The van der Waals surface area contributed by atoms with Crippen molar-refractivity contribution in [3.05, 3.63) is 59.4 Å². The largest absolute Gasteiger partial charge is 0.493 e. The summed E-state index contributed by atoms with van der Waals surface area (Å²) in [5.74, 6) is 1.42. The van der Waals surface area contributed by atoms with E-state index in [-0.39, 0.29) is 23.8 Å². The minimum Gasteiger partial charge on any atom is -0.493 e. The van der Waals surface area contributed by atoms with Crippen LogP contribution in [0.4, 0.5) is 4.39 Å². The fraction of sp³-hybridized carbons (Fsp3) is 0.409. The molecule has 5 heteroatoms. The summed E-state index contributed by atoms with van der Waals surface area (Å²) in [4.78, 5) is 15.3. The molecule has 1 amide bonds. The number of amides is 1. The molecule has 2 heterocycles. The number of hydrogen-bond acceptors (Lipinski definition) is 3. The van der Waals surface area contributed by atoms with Crippen LogP contribution < -0.4 is 9.47 Å². The maximum Gasteiger partial charge on any atom is 0.254 e. The predicted octanol–water partition coefficient (Wildman–Crippen LogP) is 4.39. The number of ether oxygens (including phenoxy) is 2. The van der Waals surface area contributed by atoms with E-state index >= 15 is 0 Å². The first-order chi connectivity index (χ1) is 13.1. The average molecular weight is 369 g/mol. The van der Waals surface area contributed by atoms with Crippen molar-refractivity contribution >= 4 is 5.91 Å². The minimum absolute atomic E-state index is 0.0565. The Morgan fingerprint density at radius 2 is 1.59 bits per heavy atom. The van der Waals surface area contributed by atoms with Gasteiger partial charge in [-0.3, -0.25) is 4.79 Å². The van der Waals surface area contributed by atoms with Gasteiger partial charge in [0.25, 0.3) is 5.91 Å². The van der Waals surface area contributed by atoms with Gasteiger partial charge in [0, 0.05) is 17.6 Å². The maximum absolute atomic E-state index is 13.2. The van der Waals surface area contributed by atoms with Gasteiger partial charge in [0.1, 0.15) is 5.82 Å². The lowest BCUT2D eigenvalue weighted by molar-refractivity contribution is 0.0571. The third-order valence-corrected chi connectivity index (χ3v) is 5.94. The van der Waals surface area contributed by atoms with E-state index in [1.54, 1.807) is 32.4 Å². The van der Waals surface area contributed by atoms with E-state index in [9.17, 15) is 9.18 Å². The highest BCUT2D eigenvalue weighted by atomic mass is 19.1. The first-order valence-corrected chi connectivity index (χ1v) is 9.41. The molecule has 2 aliphatic rings. The number of rotatable bonds is 4. The van der Waals surface area contributed by atoms with E-state index in [4.69, 9.17) is 9.47 Å². The van der Waals surface area contributed by atoms with Gasteiger partial charge in [-0.05, 0) is 67.5 Å². The molecule has 4 nitrogen and oxygen atoms in total. The van der Waals surface area contributed by atoms with Crippen molar-refractivity contribution in [2.45, 2.75) is 43.7 Å². The smallest absolute Gasteiger partial charge is 0.254 e. The number of halogens is 1. The van der Waals surface area contributed by atoms with E-state index in [1.165, 1.54) is 17.7 Å². The summed E-state index contributed by atoms with van der Waals surface area (Å²) < 4.78 is 23.8. The second kappa shape index (κ2) is 7.22. The second-order valence-electron chi connectivity index (χ2n) is 7.39. The Kier molecular flexibility index (Phi) is 4.77. The van der Waals surface area contributed by atoms with Crippen molar-refractivity contribution in [1.29, 1.82) is 0 Å². The number of carbonyl (C=O) groups is 1. The summed E-state index contributed by atoms with van der Waals surface area (Å²) in [6.07, 6.45) is 3.92. The van der Waals surface area contributed by atoms with Gasteiger partial charge in [0.05, 0.1) is 14.2 Å². The Balaban J connectivity index is 1.54. The highest BCUT2D eigenvalue weighted by molar-refractivity contribution is 5.95. The average Bonchev–Trinajstić information content (AvgIpc) is 2.96. The van der Waals surface area contributed by atoms with Gasteiger partial charge in [-0.2, -0.15) is 0 Å². The van der Waals surface area contributed by atoms with Gasteiger partial charge in [0.2, 0.25) is 0 Å². The standard InChI is InChI=1S/C22H24FNO3/c1-26-20-10-5-15(13-21(20)27-2)22(25)24-18-8-9-19(24)12-16(11-18)14-3-6-17(23)7-4-14/h3-7,10,13,16,18-19H,8-9,11-12H2,1-2H3/t16?,18-,19+. The summed E-state index contributed by atoms with van der Waals surface area (Å²) >= 11 is 0. The van der Waals surface area contributed by atoms with E-state index < -0.39 is 0 Å². The maximum atomic E-state index is 13.2. The number of fused-ring (bicyclic) bond motifs is 2. The molecule has 142 valence electrons. The molecule has 3 atom stereocenters. The van der Waals surface area contributed by atoms with Crippen LogP contribution in [0.2, 0.25) is 0 Å². The van der Waals surface area contributed by atoms with Gasteiger partial charge in [-0.25, -0.2) is 4.39 Å². The Bertz CT molecular complexity index is 822. The SMILES string of the molecule is COc1ccc(C(=O)N2[C@@H]3CC[C@H]2CC(c2ccc(F)cc2)C3)cc1OC. The molecule has 2 saturated heterocycles. The molecule has 0 aromatic heterocycles. The van der Waals surface area contributed by atoms with E-state index in [0.717, 1.165) is 25.7 Å². The van der Waals surface area contributed by atoms with Crippen molar-refractivity contribution in [2.75, 3.05) is 14.2 Å².